The maximum Gasteiger partial charge on any atom is 0.340 e. The molecule has 0 saturated carbocycles. The number of carbonyl (C=O) groups is 1. The van der Waals surface area contributed by atoms with Gasteiger partial charge in [0.05, 0.1) is 11.4 Å². The van der Waals surface area contributed by atoms with E-state index in [-0.39, 0.29) is 10.7 Å². The van der Waals surface area contributed by atoms with Crippen LogP contribution in [0.4, 0.5) is 0 Å². The summed E-state index contributed by atoms with van der Waals surface area (Å²) >= 11 is 6.16. The monoisotopic (exact) mass is 278 g/mol. The van der Waals surface area contributed by atoms with Crippen LogP contribution in [-0.4, -0.2) is 20.9 Å². The molecule has 1 aromatic carbocycles. The van der Waals surface area contributed by atoms with Crippen LogP contribution < -0.4 is 0 Å². The average molecular weight is 279 g/mol. The van der Waals surface area contributed by atoms with E-state index in [2.05, 4.69) is 5.10 Å². The summed E-state index contributed by atoms with van der Waals surface area (Å²) in [5.74, 6) is -0.726. The van der Waals surface area contributed by atoms with Crippen molar-refractivity contribution in [2.24, 2.45) is 5.92 Å². The number of halogens is 1. The van der Waals surface area contributed by atoms with Crippen LogP contribution in [0.2, 0.25) is 5.15 Å². The van der Waals surface area contributed by atoms with Crippen molar-refractivity contribution in [1.29, 1.82) is 0 Å². The number of hydrogen-bond donors (Lipinski definition) is 1. The highest BCUT2D eigenvalue weighted by Gasteiger charge is 2.23. The second kappa shape index (κ2) is 5.45. The highest BCUT2D eigenvalue weighted by Crippen LogP contribution is 2.25. The van der Waals surface area contributed by atoms with Crippen LogP contribution in [-0.2, 0) is 6.42 Å². The topological polar surface area (TPSA) is 55.1 Å². The third-order valence-electron chi connectivity index (χ3n) is 2.72. The number of rotatable bonds is 4. The molecule has 0 amide bonds. The van der Waals surface area contributed by atoms with E-state index in [0.717, 1.165) is 5.69 Å². The first-order valence-electron chi connectivity index (χ1n) is 6.06. The molecule has 0 aliphatic carbocycles. The summed E-state index contributed by atoms with van der Waals surface area (Å²) in [5.41, 5.74) is 1.38. The minimum absolute atomic E-state index is 0.0965. The van der Waals surface area contributed by atoms with Crippen molar-refractivity contribution in [2.45, 2.75) is 20.3 Å². The number of hydrogen-bond acceptors (Lipinski definition) is 2. The molecule has 1 N–H and O–H groups in total. The second-order valence-electron chi connectivity index (χ2n) is 4.76. The van der Waals surface area contributed by atoms with Gasteiger partial charge in [0.25, 0.3) is 0 Å². The first kappa shape index (κ1) is 13.6. The van der Waals surface area contributed by atoms with E-state index in [1.165, 1.54) is 4.68 Å². The Bertz CT molecular complexity index is 591. The number of carboxylic acids is 1. The van der Waals surface area contributed by atoms with E-state index in [0.29, 0.717) is 18.0 Å². The molecule has 5 heteroatoms. The van der Waals surface area contributed by atoms with Gasteiger partial charge >= 0.3 is 5.97 Å². The Morgan fingerprint density at radius 1 is 1.37 bits per heavy atom. The molecule has 0 aliphatic rings. The number of para-hydroxylation sites is 1. The first-order chi connectivity index (χ1) is 9.00. The van der Waals surface area contributed by atoms with Crippen LogP contribution in [0.5, 0.6) is 0 Å². The molecule has 0 aliphatic heterocycles. The molecule has 0 radical (unpaired) electrons. The summed E-state index contributed by atoms with van der Waals surface area (Å²) in [6.07, 6.45) is 0.585. The lowest BCUT2D eigenvalue weighted by Crippen LogP contribution is -2.03. The zero-order chi connectivity index (χ0) is 14.0. The van der Waals surface area contributed by atoms with Crippen molar-refractivity contribution in [2.75, 3.05) is 0 Å². The van der Waals surface area contributed by atoms with Gasteiger partial charge in [-0.25, -0.2) is 9.48 Å². The molecule has 1 heterocycles. The Hall–Kier alpha value is -1.81. The Morgan fingerprint density at radius 3 is 2.53 bits per heavy atom. The largest absolute Gasteiger partial charge is 0.478 e. The first-order valence-corrected chi connectivity index (χ1v) is 6.44. The van der Waals surface area contributed by atoms with Gasteiger partial charge in [0.15, 0.2) is 0 Å². The van der Waals surface area contributed by atoms with Crippen molar-refractivity contribution < 1.29 is 9.90 Å². The van der Waals surface area contributed by atoms with Crippen LogP contribution in [0.1, 0.15) is 29.9 Å². The molecule has 100 valence electrons. The SMILES string of the molecule is CC(C)Cc1nn(-c2ccccc2)c(Cl)c1C(=O)O. The van der Waals surface area contributed by atoms with Gasteiger partial charge in [-0.3, -0.25) is 0 Å². The quantitative estimate of drug-likeness (QED) is 0.932. The number of benzene rings is 1. The van der Waals surface area contributed by atoms with E-state index < -0.39 is 5.97 Å². The molecule has 2 aromatic rings. The minimum Gasteiger partial charge on any atom is -0.478 e. The van der Waals surface area contributed by atoms with Crippen molar-refractivity contribution in [3.63, 3.8) is 0 Å². The van der Waals surface area contributed by atoms with Gasteiger partial charge in [-0.1, -0.05) is 43.6 Å². The van der Waals surface area contributed by atoms with Crippen LogP contribution in [0.25, 0.3) is 5.69 Å². The molecular weight excluding hydrogens is 264 g/mol. The van der Waals surface area contributed by atoms with Gasteiger partial charge in [0.2, 0.25) is 0 Å². The normalized spacial score (nSPS) is 10.9. The van der Waals surface area contributed by atoms with Gasteiger partial charge in [-0.15, -0.1) is 0 Å². The Morgan fingerprint density at radius 2 is 2.00 bits per heavy atom. The van der Waals surface area contributed by atoms with Gasteiger partial charge in [-0.05, 0) is 24.5 Å². The van der Waals surface area contributed by atoms with Gasteiger partial charge in [0.1, 0.15) is 10.7 Å². The van der Waals surface area contributed by atoms with Crippen LogP contribution in [0, 0.1) is 5.92 Å². The van der Waals surface area contributed by atoms with Crippen LogP contribution in [0.3, 0.4) is 0 Å². The summed E-state index contributed by atoms with van der Waals surface area (Å²) in [7, 11) is 0. The summed E-state index contributed by atoms with van der Waals surface area (Å²) in [6, 6.07) is 9.27. The Kier molecular flexibility index (Phi) is 3.90. The van der Waals surface area contributed by atoms with Crippen molar-refractivity contribution in [1.82, 2.24) is 9.78 Å². The zero-order valence-corrected chi connectivity index (χ0v) is 11.6. The third kappa shape index (κ3) is 2.79. The molecule has 2 rings (SSSR count). The number of aromatic nitrogens is 2. The van der Waals surface area contributed by atoms with Crippen LogP contribution in [0.15, 0.2) is 30.3 Å². The standard InChI is InChI=1S/C14H15ClN2O2/c1-9(2)8-11-12(14(18)19)13(15)17(16-11)10-6-4-3-5-7-10/h3-7,9H,8H2,1-2H3,(H,18,19). The molecule has 0 saturated heterocycles. The third-order valence-corrected chi connectivity index (χ3v) is 3.07. The molecule has 19 heavy (non-hydrogen) atoms. The molecule has 1 aromatic heterocycles. The maximum absolute atomic E-state index is 11.3. The molecular formula is C14H15ClN2O2. The van der Waals surface area contributed by atoms with Gasteiger partial charge in [0, 0.05) is 0 Å². The van der Waals surface area contributed by atoms with E-state index in [4.69, 9.17) is 11.6 Å². The molecule has 0 fully saturated rings. The van der Waals surface area contributed by atoms with E-state index in [1.54, 1.807) is 0 Å². The highest BCUT2D eigenvalue weighted by molar-refractivity contribution is 6.32. The molecule has 0 atom stereocenters. The van der Waals surface area contributed by atoms with Crippen molar-refractivity contribution in [3.05, 3.63) is 46.7 Å². The van der Waals surface area contributed by atoms with Crippen molar-refractivity contribution in [3.8, 4) is 5.69 Å². The fraction of sp³-hybridized carbons (Fsp3) is 0.286. The zero-order valence-electron chi connectivity index (χ0n) is 10.8. The molecule has 4 nitrogen and oxygen atoms in total. The fourth-order valence-electron chi connectivity index (χ4n) is 1.92. The summed E-state index contributed by atoms with van der Waals surface area (Å²) in [5, 5.41) is 13.8. The van der Waals surface area contributed by atoms with E-state index in [1.807, 2.05) is 44.2 Å². The molecule has 0 unspecified atom stereocenters. The lowest BCUT2D eigenvalue weighted by atomic mass is 10.1. The maximum atomic E-state index is 11.3. The summed E-state index contributed by atoms with van der Waals surface area (Å²) in [4.78, 5) is 11.3. The molecule has 0 bridgehead atoms. The number of aromatic carboxylic acids is 1. The highest BCUT2D eigenvalue weighted by atomic mass is 35.5. The smallest absolute Gasteiger partial charge is 0.340 e. The van der Waals surface area contributed by atoms with Gasteiger partial charge < -0.3 is 5.11 Å². The predicted molar refractivity (Wildman–Crippen MR) is 74.1 cm³/mol. The summed E-state index contributed by atoms with van der Waals surface area (Å²) < 4.78 is 1.47. The van der Waals surface area contributed by atoms with E-state index >= 15 is 0 Å². The van der Waals surface area contributed by atoms with Crippen molar-refractivity contribution >= 4 is 17.6 Å². The molecule has 0 spiro atoms. The number of nitrogens with zero attached hydrogens (tertiary/aromatic N) is 2. The summed E-state index contributed by atoms with van der Waals surface area (Å²) in [6.45, 7) is 4.03. The van der Waals surface area contributed by atoms with E-state index in [9.17, 15) is 9.90 Å². The lowest BCUT2D eigenvalue weighted by Gasteiger charge is -2.02. The minimum atomic E-state index is -1.04. The Balaban J connectivity index is 2.55. The Labute approximate surface area is 116 Å². The van der Waals surface area contributed by atoms with Gasteiger partial charge in [-0.2, -0.15) is 5.10 Å². The second-order valence-corrected chi connectivity index (χ2v) is 5.12. The van der Waals surface area contributed by atoms with Crippen LogP contribution >= 0.6 is 11.6 Å². The lowest BCUT2D eigenvalue weighted by molar-refractivity contribution is 0.0696. The average Bonchev–Trinajstić information content (AvgIpc) is 2.66. The number of carboxylic acid groups (broad SMARTS) is 1. The fourth-order valence-corrected chi connectivity index (χ4v) is 2.25. The predicted octanol–water partition coefficient (Wildman–Crippen LogP) is 3.42.